The lowest BCUT2D eigenvalue weighted by atomic mass is 10.2. The van der Waals surface area contributed by atoms with Gasteiger partial charge in [-0.15, -0.1) is 11.8 Å². The predicted molar refractivity (Wildman–Crippen MR) is 87.5 cm³/mol. The van der Waals surface area contributed by atoms with Gasteiger partial charge in [-0.25, -0.2) is 0 Å². The Balaban J connectivity index is 1.69. The number of benzene rings is 1. The van der Waals surface area contributed by atoms with Crippen LogP contribution in [0.5, 0.6) is 0 Å². The Kier molecular flexibility index (Phi) is 6.24. The average Bonchev–Trinajstić information content (AvgIpc) is 2.53. The largest absolute Gasteiger partial charge is 0.288 e. The van der Waals surface area contributed by atoms with Gasteiger partial charge in [0.15, 0.2) is 0 Å². The zero-order valence-electron chi connectivity index (χ0n) is 11.6. The number of hydrogen-bond donors (Lipinski definition) is 2. The van der Waals surface area contributed by atoms with E-state index in [1.807, 2.05) is 18.2 Å². The first-order valence-corrected chi connectivity index (χ1v) is 8.01. The number of nitrogens with one attached hydrogen (secondary N) is 2. The van der Waals surface area contributed by atoms with E-state index in [1.165, 1.54) is 18.0 Å². The maximum absolute atomic E-state index is 11.7. The Morgan fingerprint density at radius 3 is 2.73 bits per heavy atom. The minimum atomic E-state index is -0.450. The summed E-state index contributed by atoms with van der Waals surface area (Å²) in [5.74, 6) is 0.169. The van der Waals surface area contributed by atoms with Gasteiger partial charge in [0.05, 0.1) is 5.75 Å². The van der Waals surface area contributed by atoms with Gasteiger partial charge in [0.25, 0.3) is 5.91 Å². The van der Waals surface area contributed by atoms with Crippen LogP contribution in [0.4, 0.5) is 0 Å². The Morgan fingerprint density at radius 2 is 2.00 bits per heavy atom. The number of hydrogen-bond acceptors (Lipinski definition) is 4. The fourth-order valence-electron chi connectivity index (χ4n) is 1.61. The van der Waals surface area contributed by atoms with Crippen LogP contribution in [0, 0.1) is 0 Å². The molecule has 2 rings (SSSR count). The minimum Gasteiger partial charge on any atom is -0.272 e. The maximum atomic E-state index is 11.7. The van der Waals surface area contributed by atoms with Crippen molar-refractivity contribution in [1.82, 2.24) is 15.8 Å². The Bertz CT molecular complexity index is 652. The van der Waals surface area contributed by atoms with E-state index >= 15 is 0 Å². The predicted octanol–water partition coefficient (Wildman–Crippen LogP) is 2.43. The van der Waals surface area contributed by atoms with Crippen molar-refractivity contribution in [3.8, 4) is 0 Å². The minimum absolute atomic E-state index is 0.231. The lowest BCUT2D eigenvalue weighted by molar-refractivity contribution is -0.119. The van der Waals surface area contributed by atoms with Gasteiger partial charge in [-0.1, -0.05) is 29.8 Å². The van der Waals surface area contributed by atoms with Crippen LogP contribution < -0.4 is 10.9 Å². The SMILES string of the molecule is O=C(CSCc1cccc(Cl)c1)NNC(=O)c1ccccn1. The van der Waals surface area contributed by atoms with E-state index in [1.54, 1.807) is 24.3 Å². The first-order valence-electron chi connectivity index (χ1n) is 6.47. The van der Waals surface area contributed by atoms with E-state index in [0.717, 1.165) is 5.56 Å². The molecule has 0 radical (unpaired) electrons. The van der Waals surface area contributed by atoms with Gasteiger partial charge < -0.3 is 0 Å². The molecule has 0 atom stereocenters. The number of pyridine rings is 1. The summed E-state index contributed by atoms with van der Waals surface area (Å²) in [5.41, 5.74) is 5.96. The molecule has 0 aliphatic carbocycles. The van der Waals surface area contributed by atoms with Gasteiger partial charge in [0, 0.05) is 17.0 Å². The van der Waals surface area contributed by atoms with Crippen molar-refractivity contribution in [2.24, 2.45) is 0 Å². The second-order valence-corrected chi connectivity index (χ2v) is 5.76. The fraction of sp³-hybridized carbons (Fsp3) is 0.133. The molecule has 2 N–H and O–H groups in total. The molecule has 5 nitrogen and oxygen atoms in total. The third kappa shape index (κ3) is 5.38. The summed E-state index contributed by atoms with van der Waals surface area (Å²) < 4.78 is 0. The quantitative estimate of drug-likeness (QED) is 0.823. The molecule has 0 fully saturated rings. The van der Waals surface area contributed by atoms with Crippen molar-refractivity contribution in [2.45, 2.75) is 5.75 Å². The molecule has 22 heavy (non-hydrogen) atoms. The van der Waals surface area contributed by atoms with Crippen LogP contribution in [-0.4, -0.2) is 22.6 Å². The van der Waals surface area contributed by atoms with Crippen molar-refractivity contribution in [2.75, 3.05) is 5.75 Å². The van der Waals surface area contributed by atoms with Crippen molar-refractivity contribution in [1.29, 1.82) is 0 Å². The zero-order valence-corrected chi connectivity index (χ0v) is 13.2. The number of rotatable bonds is 5. The number of halogens is 1. The molecule has 0 bridgehead atoms. The third-order valence-corrected chi connectivity index (χ3v) is 3.84. The van der Waals surface area contributed by atoms with E-state index in [-0.39, 0.29) is 17.4 Å². The Hall–Kier alpha value is -2.05. The van der Waals surface area contributed by atoms with Crippen LogP contribution >= 0.6 is 23.4 Å². The fourth-order valence-corrected chi connectivity index (χ4v) is 2.60. The summed E-state index contributed by atoms with van der Waals surface area (Å²) in [5, 5.41) is 0.671. The molecule has 0 saturated heterocycles. The molecule has 0 aliphatic heterocycles. The molecule has 2 amide bonds. The third-order valence-electron chi connectivity index (χ3n) is 2.60. The van der Waals surface area contributed by atoms with E-state index in [0.29, 0.717) is 10.8 Å². The number of carbonyl (C=O) groups excluding carboxylic acids is 2. The molecule has 114 valence electrons. The van der Waals surface area contributed by atoms with Crippen LogP contribution in [0.25, 0.3) is 0 Å². The number of carbonyl (C=O) groups is 2. The molecule has 7 heteroatoms. The Morgan fingerprint density at radius 1 is 1.14 bits per heavy atom. The van der Waals surface area contributed by atoms with E-state index < -0.39 is 5.91 Å². The highest BCUT2D eigenvalue weighted by Crippen LogP contribution is 2.16. The second-order valence-electron chi connectivity index (χ2n) is 4.34. The van der Waals surface area contributed by atoms with Crippen LogP contribution in [0.2, 0.25) is 5.02 Å². The van der Waals surface area contributed by atoms with Gasteiger partial charge in [0.1, 0.15) is 5.69 Å². The summed E-state index contributed by atoms with van der Waals surface area (Å²) >= 11 is 7.32. The van der Waals surface area contributed by atoms with Crippen LogP contribution in [0.1, 0.15) is 16.1 Å². The number of nitrogens with zero attached hydrogens (tertiary/aromatic N) is 1. The molecular formula is C15H14ClN3O2S. The normalized spacial score (nSPS) is 10.0. The van der Waals surface area contributed by atoms with Crippen molar-refractivity contribution in [3.63, 3.8) is 0 Å². The monoisotopic (exact) mass is 335 g/mol. The lowest BCUT2D eigenvalue weighted by Gasteiger charge is -2.07. The van der Waals surface area contributed by atoms with Crippen molar-refractivity contribution < 1.29 is 9.59 Å². The first kappa shape index (κ1) is 16.3. The highest BCUT2D eigenvalue weighted by molar-refractivity contribution is 7.99. The highest BCUT2D eigenvalue weighted by Gasteiger charge is 2.08. The smallest absolute Gasteiger partial charge is 0.272 e. The van der Waals surface area contributed by atoms with Gasteiger partial charge in [-0.3, -0.25) is 25.4 Å². The van der Waals surface area contributed by atoms with Gasteiger partial charge in [0.2, 0.25) is 5.91 Å². The number of thioether (sulfide) groups is 1. The van der Waals surface area contributed by atoms with E-state index in [2.05, 4.69) is 15.8 Å². The summed E-state index contributed by atoms with van der Waals surface area (Å²) in [6.07, 6.45) is 1.51. The van der Waals surface area contributed by atoms with Crippen molar-refractivity contribution >= 4 is 35.2 Å². The first-order chi connectivity index (χ1) is 10.6. The average molecular weight is 336 g/mol. The Labute approximate surface area is 137 Å². The van der Waals surface area contributed by atoms with Crippen LogP contribution in [0.15, 0.2) is 48.7 Å². The summed E-state index contributed by atoms with van der Waals surface area (Å²) in [4.78, 5) is 27.2. The summed E-state index contributed by atoms with van der Waals surface area (Å²) in [6.45, 7) is 0. The van der Waals surface area contributed by atoms with Gasteiger partial charge >= 0.3 is 0 Å². The maximum Gasteiger partial charge on any atom is 0.288 e. The van der Waals surface area contributed by atoms with Gasteiger partial charge in [-0.05, 0) is 29.8 Å². The van der Waals surface area contributed by atoms with Crippen LogP contribution in [-0.2, 0) is 10.5 Å². The second kappa shape index (κ2) is 8.41. The molecule has 1 aromatic carbocycles. The van der Waals surface area contributed by atoms with Crippen molar-refractivity contribution in [3.05, 3.63) is 64.9 Å². The molecule has 0 spiro atoms. The topological polar surface area (TPSA) is 71.1 Å². The number of aromatic nitrogens is 1. The van der Waals surface area contributed by atoms with E-state index in [4.69, 9.17) is 11.6 Å². The molecule has 1 aromatic heterocycles. The van der Waals surface area contributed by atoms with Crippen LogP contribution in [0.3, 0.4) is 0 Å². The molecule has 0 unspecified atom stereocenters. The molecule has 2 aromatic rings. The van der Waals surface area contributed by atoms with E-state index in [9.17, 15) is 9.59 Å². The standard InChI is InChI=1S/C15H14ClN3O2S/c16-12-5-3-4-11(8-12)9-22-10-14(20)18-19-15(21)13-6-1-2-7-17-13/h1-8H,9-10H2,(H,18,20)(H,19,21). The number of amides is 2. The summed E-state index contributed by atoms with van der Waals surface area (Å²) in [6, 6.07) is 12.4. The lowest BCUT2D eigenvalue weighted by Crippen LogP contribution is -2.42. The molecule has 0 aliphatic rings. The zero-order chi connectivity index (χ0) is 15.8. The van der Waals surface area contributed by atoms with Gasteiger partial charge in [-0.2, -0.15) is 0 Å². The highest BCUT2D eigenvalue weighted by atomic mass is 35.5. The molecule has 1 heterocycles. The molecular weight excluding hydrogens is 322 g/mol. The molecule has 0 saturated carbocycles. The summed E-state index contributed by atoms with van der Waals surface area (Å²) in [7, 11) is 0. The number of hydrazine groups is 1.